The van der Waals surface area contributed by atoms with Gasteiger partial charge in [-0.05, 0) is 18.8 Å². The maximum absolute atomic E-state index is 15.4. The van der Waals surface area contributed by atoms with E-state index in [2.05, 4.69) is 0 Å². The average Bonchev–Trinajstić information content (AvgIpc) is 3.38. The molecule has 2 atom stereocenters. The first-order valence-electron chi connectivity index (χ1n) is 8.71. The van der Waals surface area contributed by atoms with Crippen LogP contribution in [0.5, 0.6) is 0 Å². The third-order valence-corrected chi connectivity index (χ3v) is 5.43. The Bertz CT molecular complexity index is 1020. The van der Waals surface area contributed by atoms with Crippen LogP contribution in [-0.4, -0.2) is 34.8 Å². The van der Waals surface area contributed by atoms with Crippen LogP contribution in [0.2, 0.25) is 0 Å². The number of nitrogens with zero attached hydrogens (tertiary/aromatic N) is 2. The number of pyridine rings is 1. The lowest BCUT2D eigenvalue weighted by Gasteiger charge is -2.22. The van der Waals surface area contributed by atoms with Gasteiger partial charge in [0.2, 0.25) is 5.43 Å². The zero-order chi connectivity index (χ0) is 19.6. The summed E-state index contributed by atoms with van der Waals surface area (Å²) in [5, 5.41) is 8.36. The van der Waals surface area contributed by atoms with E-state index in [0.717, 1.165) is 6.20 Å². The summed E-state index contributed by atoms with van der Waals surface area (Å²) in [6.07, 6.45) is 2.29. The predicted molar refractivity (Wildman–Crippen MR) is 92.7 cm³/mol. The van der Waals surface area contributed by atoms with Crippen LogP contribution in [0.4, 0.5) is 18.9 Å². The largest absolute Gasteiger partial charge is 0.477 e. The zero-order valence-corrected chi connectivity index (χ0v) is 14.5. The molecular weight excluding hydrogens is 363 g/mol. The maximum atomic E-state index is 15.4. The summed E-state index contributed by atoms with van der Waals surface area (Å²) < 4.78 is 46.2. The number of benzene rings is 1. The lowest BCUT2D eigenvalue weighted by atomic mass is 10.1. The number of carboxylic acids is 1. The Kier molecular flexibility index (Phi) is 3.95. The van der Waals surface area contributed by atoms with E-state index in [1.54, 1.807) is 0 Å². The minimum absolute atomic E-state index is 0.0393. The van der Waals surface area contributed by atoms with E-state index in [-0.39, 0.29) is 31.1 Å². The Hall–Kier alpha value is -2.55. The summed E-state index contributed by atoms with van der Waals surface area (Å²) in [4.78, 5) is 25.1. The SMILES string of the molecule is CC1CN(c2c(F)c(F)c3c(=O)c(C(=O)O)cn(C4CC4)c3c2F)CC1N. The second-order valence-electron chi connectivity index (χ2n) is 7.38. The van der Waals surface area contributed by atoms with E-state index in [0.29, 0.717) is 12.8 Å². The number of carbonyl (C=O) groups is 1. The standard InChI is InChI=1S/C18H18F3N3O3/c1-7-4-23(6-10(7)22)16-13(20)12(19)11-15(14(16)21)24(8-2-3-8)5-9(17(11)25)18(26)27/h5,7-8,10H,2-4,6,22H2,1H3,(H,26,27). The second-order valence-corrected chi connectivity index (χ2v) is 7.38. The molecule has 1 aromatic carbocycles. The number of hydrogen-bond donors (Lipinski definition) is 2. The van der Waals surface area contributed by atoms with Crippen molar-refractivity contribution in [1.29, 1.82) is 0 Å². The first-order valence-corrected chi connectivity index (χ1v) is 8.71. The number of halogens is 3. The lowest BCUT2D eigenvalue weighted by Crippen LogP contribution is -2.30. The van der Waals surface area contributed by atoms with Crippen LogP contribution in [0.1, 0.15) is 36.2 Å². The van der Waals surface area contributed by atoms with Gasteiger partial charge in [-0.1, -0.05) is 6.92 Å². The van der Waals surface area contributed by atoms with E-state index in [4.69, 9.17) is 5.73 Å². The fourth-order valence-corrected chi connectivity index (χ4v) is 3.73. The molecule has 1 aromatic heterocycles. The van der Waals surface area contributed by atoms with Gasteiger partial charge in [-0.2, -0.15) is 0 Å². The van der Waals surface area contributed by atoms with Crippen molar-refractivity contribution in [3.05, 3.63) is 39.4 Å². The summed E-state index contributed by atoms with van der Waals surface area (Å²) in [6.45, 7) is 2.23. The topological polar surface area (TPSA) is 88.6 Å². The molecule has 1 aliphatic carbocycles. The fraction of sp³-hybridized carbons (Fsp3) is 0.444. The van der Waals surface area contributed by atoms with Gasteiger partial charge in [0, 0.05) is 31.4 Å². The number of aromatic carboxylic acids is 1. The van der Waals surface area contributed by atoms with Crippen molar-refractivity contribution in [2.24, 2.45) is 11.7 Å². The fourth-order valence-electron chi connectivity index (χ4n) is 3.73. The highest BCUT2D eigenvalue weighted by Crippen LogP contribution is 2.41. The summed E-state index contributed by atoms with van der Waals surface area (Å²) in [6, 6.07) is -0.569. The van der Waals surface area contributed by atoms with Crippen molar-refractivity contribution in [3.8, 4) is 0 Å². The number of carboxylic acid groups (broad SMARTS) is 1. The van der Waals surface area contributed by atoms with Crippen molar-refractivity contribution in [2.45, 2.75) is 31.8 Å². The molecule has 0 amide bonds. The third kappa shape index (κ3) is 2.60. The van der Waals surface area contributed by atoms with Crippen molar-refractivity contribution >= 4 is 22.6 Å². The van der Waals surface area contributed by atoms with Crippen LogP contribution >= 0.6 is 0 Å². The highest BCUT2D eigenvalue weighted by atomic mass is 19.2. The van der Waals surface area contributed by atoms with Crippen LogP contribution in [0.15, 0.2) is 11.0 Å². The number of hydrogen-bond acceptors (Lipinski definition) is 4. The molecule has 2 aliphatic rings. The Labute approximate surface area is 152 Å². The summed E-state index contributed by atoms with van der Waals surface area (Å²) >= 11 is 0. The van der Waals surface area contributed by atoms with E-state index in [1.165, 1.54) is 9.47 Å². The lowest BCUT2D eigenvalue weighted by molar-refractivity contribution is 0.0694. The van der Waals surface area contributed by atoms with Gasteiger partial charge in [0.05, 0.1) is 10.9 Å². The van der Waals surface area contributed by atoms with Gasteiger partial charge in [-0.3, -0.25) is 4.79 Å². The van der Waals surface area contributed by atoms with Crippen molar-refractivity contribution in [1.82, 2.24) is 4.57 Å². The molecule has 2 heterocycles. The van der Waals surface area contributed by atoms with Crippen LogP contribution in [0.3, 0.4) is 0 Å². The summed E-state index contributed by atoms with van der Waals surface area (Å²) in [5.41, 5.74) is 3.02. The average molecular weight is 381 g/mol. The van der Waals surface area contributed by atoms with Crippen LogP contribution in [0.25, 0.3) is 10.9 Å². The quantitative estimate of drug-likeness (QED) is 0.796. The van der Waals surface area contributed by atoms with Gasteiger partial charge < -0.3 is 20.3 Å². The van der Waals surface area contributed by atoms with Gasteiger partial charge >= 0.3 is 5.97 Å². The molecule has 1 aliphatic heterocycles. The normalized spacial score (nSPS) is 22.6. The molecule has 1 saturated carbocycles. The molecule has 144 valence electrons. The van der Waals surface area contributed by atoms with Crippen LogP contribution < -0.4 is 16.1 Å². The molecule has 3 N–H and O–H groups in total. The zero-order valence-electron chi connectivity index (χ0n) is 14.5. The molecule has 4 rings (SSSR count). The molecule has 0 radical (unpaired) electrons. The predicted octanol–water partition coefficient (Wildman–Crippen LogP) is 2.24. The van der Waals surface area contributed by atoms with Crippen molar-refractivity contribution in [2.75, 3.05) is 18.0 Å². The van der Waals surface area contributed by atoms with E-state index in [1.807, 2.05) is 6.92 Å². The van der Waals surface area contributed by atoms with Crippen molar-refractivity contribution < 1.29 is 23.1 Å². The van der Waals surface area contributed by atoms with E-state index < -0.39 is 51.0 Å². The van der Waals surface area contributed by atoms with Crippen LogP contribution in [0, 0.1) is 23.4 Å². The minimum atomic E-state index is -1.57. The summed E-state index contributed by atoms with van der Waals surface area (Å²) in [7, 11) is 0. The number of fused-ring (bicyclic) bond motifs is 1. The first-order chi connectivity index (χ1) is 12.7. The van der Waals surface area contributed by atoms with Gasteiger partial charge in [0.15, 0.2) is 17.5 Å². The monoisotopic (exact) mass is 381 g/mol. The molecule has 2 fully saturated rings. The summed E-state index contributed by atoms with van der Waals surface area (Å²) in [5.74, 6) is -5.70. The minimum Gasteiger partial charge on any atom is -0.477 e. The van der Waals surface area contributed by atoms with Crippen molar-refractivity contribution in [3.63, 3.8) is 0 Å². The number of aromatic nitrogens is 1. The molecule has 9 heteroatoms. The second kappa shape index (κ2) is 5.98. The first kappa shape index (κ1) is 17.8. The van der Waals surface area contributed by atoms with Gasteiger partial charge in [-0.25, -0.2) is 18.0 Å². The third-order valence-electron chi connectivity index (χ3n) is 5.43. The van der Waals surface area contributed by atoms with Gasteiger partial charge in [0.1, 0.15) is 11.3 Å². The maximum Gasteiger partial charge on any atom is 0.341 e. The Morgan fingerprint density at radius 2 is 1.85 bits per heavy atom. The highest BCUT2D eigenvalue weighted by molar-refractivity contribution is 5.94. The molecular formula is C18H18F3N3O3. The highest BCUT2D eigenvalue weighted by Gasteiger charge is 2.36. The molecule has 0 spiro atoms. The Morgan fingerprint density at radius 1 is 1.19 bits per heavy atom. The molecule has 2 aromatic rings. The number of anilines is 1. The Balaban J connectivity index is 2.07. The molecule has 2 unspecified atom stereocenters. The number of rotatable bonds is 3. The van der Waals surface area contributed by atoms with E-state index in [9.17, 15) is 23.5 Å². The molecule has 6 nitrogen and oxygen atoms in total. The van der Waals surface area contributed by atoms with E-state index >= 15 is 4.39 Å². The molecule has 0 bridgehead atoms. The van der Waals surface area contributed by atoms with Gasteiger partial charge in [-0.15, -0.1) is 0 Å². The Morgan fingerprint density at radius 3 is 2.37 bits per heavy atom. The smallest absolute Gasteiger partial charge is 0.341 e. The van der Waals surface area contributed by atoms with Gasteiger partial charge in [0.25, 0.3) is 0 Å². The number of nitrogens with two attached hydrogens (primary N) is 1. The molecule has 1 saturated heterocycles. The molecule has 27 heavy (non-hydrogen) atoms. The van der Waals surface area contributed by atoms with Crippen LogP contribution in [-0.2, 0) is 0 Å².